The highest BCUT2D eigenvalue weighted by Crippen LogP contribution is 2.33. The van der Waals surface area contributed by atoms with E-state index in [1.807, 2.05) is 0 Å². The van der Waals surface area contributed by atoms with Crippen LogP contribution in [0, 0.1) is 5.92 Å². The van der Waals surface area contributed by atoms with Crippen molar-refractivity contribution in [3.63, 3.8) is 0 Å². The molecule has 0 aromatic heterocycles. The van der Waals surface area contributed by atoms with Gasteiger partial charge in [0.1, 0.15) is 0 Å². The molecule has 72 valence electrons. The molecule has 12 heavy (non-hydrogen) atoms. The fraction of sp³-hybridized carbons (Fsp3) is 1.00. The summed E-state index contributed by atoms with van der Waals surface area (Å²) in [5.74, 6) is -5.52. The summed E-state index contributed by atoms with van der Waals surface area (Å²) in [6, 6.07) is 0. The fourth-order valence-electron chi connectivity index (χ4n) is 1.19. The van der Waals surface area contributed by atoms with Gasteiger partial charge in [0.05, 0.1) is 24.0 Å². The molecule has 0 bridgehead atoms. The lowest BCUT2D eigenvalue weighted by Crippen LogP contribution is -2.43. The number of hydrogen-bond acceptors (Lipinski definition) is 3. The number of halogens is 2. The van der Waals surface area contributed by atoms with Gasteiger partial charge < -0.3 is 5.11 Å². The van der Waals surface area contributed by atoms with Crippen molar-refractivity contribution >= 4 is 9.84 Å². The van der Waals surface area contributed by atoms with Crippen molar-refractivity contribution in [3.8, 4) is 0 Å². The van der Waals surface area contributed by atoms with Gasteiger partial charge in [-0.3, -0.25) is 0 Å². The van der Waals surface area contributed by atoms with Crippen LogP contribution in [0.3, 0.4) is 0 Å². The van der Waals surface area contributed by atoms with E-state index in [0.29, 0.717) is 0 Å². The van der Waals surface area contributed by atoms with Crippen molar-refractivity contribution in [1.82, 2.24) is 0 Å². The Kier molecular flexibility index (Phi) is 2.40. The van der Waals surface area contributed by atoms with Crippen LogP contribution in [0.1, 0.15) is 6.42 Å². The fourth-order valence-corrected chi connectivity index (χ4v) is 2.91. The minimum Gasteiger partial charge on any atom is -0.396 e. The Balaban J connectivity index is 2.80. The molecule has 1 rings (SSSR count). The normalized spacial score (nSPS) is 33.1. The Hall–Kier alpha value is -0.230. The first-order valence-corrected chi connectivity index (χ1v) is 5.38. The molecular formula is C6H10F2O3S. The predicted molar refractivity (Wildman–Crippen MR) is 38.8 cm³/mol. The van der Waals surface area contributed by atoms with Crippen molar-refractivity contribution in [2.45, 2.75) is 12.3 Å². The summed E-state index contributed by atoms with van der Waals surface area (Å²) in [6.07, 6.45) is -0.666. The zero-order valence-electron chi connectivity index (χ0n) is 6.33. The number of hydrogen-bond donors (Lipinski definition) is 1. The maximum Gasteiger partial charge on any atom is 0.255 e. The van der Waals surface area contributed by atoms with Crippen LogP contribution in [0.2, 0.25) is 0 Å². The van der Waals surface area contributed by atoms with Crippen LogP contribution in [0.5, 0.6) is 0 Å². The Morgan fingerprint density at radius 2 is 2.08 bits per heavy atom. The molecule has 3 nitrogen and oxygen atoms in total. The van der Waals surface area contributed by atoms with Crippen LogP contribution < -0.4 is 0 Å². The summed E-state index contributed by atoms with van der Waals surface area (Å²) in [6.45, 7) is -0.772. The van der Waals surface area contributed by atoms with Gasteiger partial charge in [0.15, 0.2) is 9.84 Å². The summed E-state index contributed by atoms with van der Waals surface area (Å²) in [4.78, 5) is 0. The van der Waals surface area contributed by atoms with E-state index < -0.39 is 46.2 Å². The average molecular weight is 200 g/mol. The maximum atomic E-state index is 12.8. The minimum atomic E-state index is -3.36. The molecule has 1 N–H and O–H groups in total. The van der Waals surface area contributed by atoms with E-state index in [1.54, 1.807) is 0 Å². The van der Waals surface area contributed by atoms with Crippen LogP contribution >= 0.6 is 0 Å². The van der Waals surface area contributed by atoms with E-state index in [-0.39, 0.29) is 0 Å². The van der Waals surface area contributed by atoms with Crippen molar-refractivity contribution < 1.29 is 22.3 Å². The molecular weight excluding hydrogens is 190 g/mol. The number of aliphatic hydroxyl groups excluding tert-OH is 1. The third kappa shape index (κ3) is 1.92. The minimum absolute atomic E-state index is 0.476. The molecule has 6 heteroatoms. The summed E-state index contributed by atoms with van der Waals surface area (Å²) >= 11 is 0. The summed E-state index contributed by atoms with van der Waals surface area (Å²) < 4.78 is 47.3. The zero-order chi connectivity index (χ0) is 9.41. The quantitative estimate of drug-likeness (QED) is 0.650. The van der Waals surface area contributed by atoms with Crippen LogP contribution in [-0.2, 0) is 9.84 Å². The average Bonchev–Trinajstić information content (AvgIpc) is 1.95. The van der Waals surface area contributed by atoms with Crippen LogP contribution in [0.4, 0.5) is 8.78 Å². The lowest BCUT2D eigenvalue weighted by Gasteiger charge is -2.29. The van der Waals surface area contributed by atoms with Gasteiger partial charge in [-0.05, 0) is 0 Å². The van der Waals surface area contributed by atoms with Crippen LogP contribution in [0.25, 0.3) is 0 Å². The SMILES string of the molecule is O=S1(=O)CCC(F)(F)C(CO)C1. The molecule has 0 aromatic carbocycles. The molecule has 0 saturated carbocycles. The smallest absolute Gasteiger partial charge is 0.255 e. The highest BCUT2D eigenvalue weighted by molar-refractivity contribution is 7.91. The monoisotopic (exact) mass is 200 g/mol. The summed E-state index contributed by atoms with van der Waals surface area (Å²) in [5.41, 5.74) is 0. The first kappa shape index (κ1) is 9.85. The Labute approximate surface area is 69.3 Å². The molecule has 1 fully saturated rings. The third-order valence-corrected chi connectivity index (χ3v) is 3.76. The van der Waals surface area contributed by atoms with Crippen molar-refractivity contribution in [1.29, 1.82) is 0 Å². The predicted octanol–water partition coefficient (Wildman–Crippen LogP) is 0.0487. The van der Waals surface area contributed by atoms with E-state index >= 15 is 0 Å². The van der Waals surface area contributed by atoms with Gasteiger partial charge in [0.25, 0.3) is 5.92 Å². The molecule has 1 saturated heterocycles. The second kappa shape index (κ2) is 2.92. The number of rotatable bonds is 1. The van der Waals surface area contributed by atoms with E-state index in [1.165, 1.54) is 0 Å². The molecule has 0 spiro atoms. The van der Waals surface area contributed by atoms with Crippen molar-refractivity contribution in [2.75, 3.05) is 18.1 Å². The number of alkyl halides is 2. The largest absolute Gasteiger partial charge is 0.396 e. The van der Waals surface area contributed by atoms with Crippen molar-refractivity contribution in [2.24, 2.45) is 5.92 Å². The third-order valence-electron chi connectivity index (χ3n) is 2.02. The first-order chi connectivity index (χ1) is 5.37. The highest BCUT2D eigenvalue weighted by Gasteiger charge is 2.46. The highest BCUT2D eigenvalue weighted by atomic mass is 32.2. The van der Waals surface area contributed by atoms with Gasteiger partial charge in [-0.1, -0.05) is 0 Å². The van der Waals surface area contributed by atoms with Crippen LogP contribution in [0.15, 0.2) is 0 Å². The molecule has 1 heterocycles. The van der Waals surface area contributed by atoms with Gasteiger partial charge in [0, 0.05) is 6.42 Å². The van der Waals surface area contributed by atoms with Gasteiger partial charge in [0.2, 0.25) is 0 Å². The van der Waals surface area contributed by atoms with Gasteiger partial charge in [-0.25, -0.2) is 17.2 Å². The Bertz CT molecular complexity index is 260. The Morgan fingerprint density at radius 3 is 2.50 bits per heavy atom. The second-order valence-corrected chi connectivity index (χ2v) is 5.23. The second-order valence-electron chi connectivity index (χ2n) is 3.00. The summed E-state index contributed by atoms with van der Waals surface area (Å²) in [5, 5.41) is 8.51. The Morgan fingerprint density at radius 1 is 1.50 bits per heavy atom. The number of aliphatic hydroxyl groups is 1. The van der Waals surface area contributed by atoms with Crippen molar-refractivity contribution in [3.05, 3.63) is 0 Å². The van der Waals surface area contributed by atoms with Gasteiger partial charge in [-0.15, -0.1) is 0 Å². The maximum absolute atomic E-state index is 12.8. The van der Waals surface area contributed by atoms with E-state index in [0.717, 1.165) is 0 Å². The first-order valence-electron chi connectivity index (χ1n) is 3.56. The van der Waals surface area contributed by atoms with Crippen LogP contribution in [-0.4, -0.2) is 37.6 Å². The molecule has 1 atom stereocenters. The molecule has 1 unspecified atom stereocenters. The topological polar surface area (TPSA) is 54.4 Å². The molecule has 0 amide bonds. The van der Waals surface area contributed by atoms with E-state index in [2.05, 4.69) is 0 Å². The molecule has 0 aromatic rings. The molecule has 0 radical (unpaired) electrons. The van der Waals surface area contributed by atoms with E-state index in [9.17, 15) is 17.2 Å². The van der Waals surface area contributed by atoms with E-state index in [4.69, 9.17) is 5.11 Å². The summed E-state index contributed by atoms with van der Waals surface area (Å²) in [7, 11) is -3.36. The molecule has 0 aliphatic carbocycles. The standard InChI is InChI=1S/C6H10F2O3S/c7-6(8)1-2-12(10,11)4-5(6)3-9/h5,9H,1-4H2. The lowest BCUT2D eigenvalue weighted by atomic mass is 10.0. The van der Waals surface area contributed by atoms with Gasteiger partial charge >= 0.3 is 0 Å². The molecule has 1 aliphatic heterocycles. The lowest BCUT2D eigenvalue weighted by molar-refractivity contribution is -0.0728. The molecule has 1 aliphatic rings. The van der Waals surface area contributed by atoms with Gasteiger partial charge in [-0.2, -0.15) is 0 Å². The number of sulfone groups is 1. The zero-order valence-corrected chi connectivity index (χ0v) is 7.15.